The van der Waals surface area contributed by atoms with Crippen LogP contribution in [0.15, 0.2) is 35.4 Å². The molecule has 0 saturated carbocycles. The lowest BCUT2D eigenvalue weighted by Gasteiger charge is -2.26. The minimum absolute atomic E-state index is 0.0244. The highest BCUT2D eigenvalue weighted by molar-refractivity contribution is 6.34. The molecule has 3 rings (SSSR count). The van der Waals surface area contributed by atoms with Gasteiger partial charge in [-0.05, 0) is 37.8 Å². The first-order valence-corrected chi connectivity index (χ1v) is 9.83. The predicted octanol–water partition coefficient (Wildman–Crippen LogP) is 5.14. The number of fused-ring (bicyclic) bond motifs is 2. The Balaban J connectivity index is 2.06. The van der Waals surface area contributed by atoms with Gasteiger partial charge in [0.15, 0.2) is 11.6 Å². The maximum absolute atomic E-state index is 13.2. The topological polar surface area (TPSA) is 58.2 Å². The summed E-state index contributed by atoms with van der Waals surface area (Å²) in [6.07, 6.45) is 9.70. The number of ketones is 2. The van der Waals surface area contributed by atoms with Gasteiger partial charge in [-0.15, -0.1) is 0 Å². The molecule has 0 spiro atoms. The molecule has 0 heterocycles. The average Bonchev–Trinajstić information content (AvgIpc) is 2.67. The summed E-state index contributed by atoms with van der Waals surface area (Å²) in [5.41, 5.74) is 3.79. The van der Waals surface area contributed by atoms with Gasteiger partial charge >= 0.3 is 0 Å². The third-order valence-electron chi connectivity index (χ3n) is 4.99. The molecule has 0 amide bonds. The van der Waals surface area contributed by atoms with E-state index in [4.69, 9.17) is 0 Å². The van der Waals surface area contributed by atoms with Crippen molar-refractivity contribution in [2.75, 3.05) is 23.7 Å². The van der Waals surface area contributed by atoms with Crippen molar-refractivity contribution < 1.29 is 9.59 Å². The number of Topliss-reactive ketones (excluding diaryl/α,β-unsaturated/α-hetero) is 2. The number of hydrogen-bond donors (Lipinski definition) is 2. The summed E-state index contributed by atoms with van der Waals surface area (Å²) in [6, 6.07) is 3.87. The molecule has 4 nitrogen and oxygen atoms in total. The van der Waals surface area contributed by atoms with E-state index in [1.807, 2.05) is 24.3 Å². The zero-order valence-corrected chi connectivity index (χ0v) is 15.8. The third kappa shape index (κ3) is 3.46. The molecule has 4 heteroatoms. The second-order valence-electron chi connectivity index (χ2n) is 6.94. The van der Waals surface area contributed by atoms with E-state index in [1.54, 1.807) is 0 Å². The van der Waals surface area contributed by atoms with Gasteiger partial charge in [0.2, 0.25) is 0 Å². The summed E-state index contributed by atoms with van der Waals surface area (Å²) in [6.45, 7) is 5.87. The number of unbranched alkanes of at least 4 members (excludes halogenated alkanes) is 2. The zero-order chi connectivity index (χ0) is 18.5. The number of anilines is 2. The van der Waals surface area contributed by atoms with Crippen LogP contribution in [-0.4, -0.2) is 24.7 Å². The molecule has 0 fully saturated rings. The molecule has 138 valence electrons. The van der Waals surface area contributed by atoms with Gasteiger partial charge in [0, 0.05) is 35.6 Å². The fraction of sp³-hybridized carbons (Fsp3) is 0.455. The van der Waals surface area contributed by atoms with E-state index >= 15 is 0 Å². The van der Waals surface area contributed by atoms with Gasteiger partial charge in [0.1, 0.15) is 0 Å². The summed E-state index contributed by atoms with van der Waals surface area (Å²) in [5.74, 6) is -0.0487. The molecule has 0 bridgehead atoms. The summed E-state index contributed by atoms with van der Waals surface area (Å²) in [7, 11) is 0. The summed E-state index contributed by atoms with van der Waals surface area (Å²) < 4.78 is 0. The van der Waals surface area contributed by atoms with Gasteiger partial charge in [0.05, 0.1) is 11.1 Å². The van der Waals surface area contributed by atoms with Crippen molar-refractivity contribution >= 4 is 22.9 Å². The van der Waals surface area contributed by atoms with E-state index in [0.717, 1.165) is 63.0 Å². The highest BCUT2D eigenvalue weighted by Crippen LogP contribution is 2.39. The number of carbonyl (C=O) groups excluding carboxylic acids is 2. The second kappa shape index (κ2) is 8.35. The number of benzene rings is 1. The Labute approximate surface area is 155 Å². The van der Waals surface area contributed by atoms with Crippen molar-refractivity contribution in [2.24, 2.45) is 0 Å². The molecule has 0 atom stereocenters. The van der Waals surface area contributed by atoms with Gasteiger partial charge in [-0.1, -0.05) is 38.8 Å². The number of hydrogen-bond acceptors (Lipinski definition) is 4. The van der Waals surface area contributed by atoms with Gasteiger partial charge < -0.3 is 10.6 Å². The van der Waals surface area contributed by atoms with Crippen LogP contribution in [0.1, 0.15) is 73.1 Å². The standard InChI is InChI=1S/C22H28N2O2/c1-3-5-13-23-17-11-12-18(24-14-6-4-2)20-19(17)21(25)15-9-7-8-10-16(15)22(20)26/h9-12,23-24H,3-8,13-14H2,1-2H3. The maximum atomic E-state index is 13.2. The molecule has 0 aromatic heterocycles. The van der Waals surface area contributed by atoms with E-state index in [-0.39, 0.29) is 11.6 Å². The molecule has 1 aromatic carbocycles. The Morgan fingerprint density at radius 3 is 1.58 bits per heavy atom. The highest BCUT2D eigenvalue weighted by Gasteiger charge is 2.36. The van der Waals surface area contributed by atoms with E-state index in [0.29, 0.717) is 22.3 Å². The van der Waals surface area contributed by atoms with Crippen LogP contribution in [0, 0.1) is 0 Å². The Morgan fingerprint density at radius 1 is 0.769 bits per heavy atom. The van der Waals surface area contributed by atoms with Crippen molar-refractivity contribution in [2.45, 2.75) is 52.4 Å². The Kier molecular flexibility index (Phi) is 5.92. The van der Waals surface area contributed by atoms with Crippen LogP contribution < -0.4 is 10.6 Å². The Hall–Kier alpha value is -2.36. The molecular formula is C22H28N2O2. The van der Waals surface area contributed by atoms with Gasteiger partial charge in [-0.2, -0.15) is 0 Å². The van der Waals surface area contributed by atoms with Crippen molar-refractivity contribution in [1.29, 1.82) is 0 Å². The molecule has 2 aliphatic carbocycles. The SMILES string of the molecule is CCCCNc1ccc(NCCCC)c2c1C(=O)C1=CCCC=C1C2=O. The fourth-order valence-corrected chi connectivity index (χ4v) is 3.54. The monoisotopic (exact) mass is 352 g/mol. The first kappa shape index (κ1) is 18.4. The normalized spacial score (nSPS) is 15.8. The number of rotatable bonds is 8. The fourth-order valence-electron chi connectivity index (χ4n) is 3.54. The molecule has 0 saturated heterocycles. The Morgan fingerprint density at radius 2 is 1.19 bits per heavy atom. The molecular weight excluding hydrogens is 324 g/mol. The van der Waals surface area contributed by atoms with E-state index < -0.39 is 0 Å². The lowest BCUT2D eigenvalue weighted by atomic mass is 9.78. The Bertz CT molecular complexity index is 710. The highest BCUT2D eigenvalue weighted by atomic mass is 16.1. The summed E-state index contributed by atoms with van der Waals surface area (Å²) in [5, 5.41) is 6.73. The van der Waals surface area contributed by atoms with E-state index in [1.165, 1.54) is 0 Å². The van der Waals surface area contributed by atoms with Crippen molar-refractivity contribution in [1.82, 2.24) is 0 Å². The van der Waals surface area contributed by atoms with Crippen molar-refractivity contribution in [3.63, 3.8) is 0 Å². The van der Waals surface area contributed by atoms with Crippen LogP contribution in [0.3, 0.4) is 0 Å². The van der Waals surface area contributed by atoms with Crippen LogP contribution in [0.2, 0.25) is 0 Å². The summed E-state index contributed by atoms with van der Waals surface area (Å²) in [4.78, 5) is 26.4. The van der Waals surface area contributed by atoms with E-state index in [2.05, 4.69) is 24.5 Å². The predicted molar refractivity (Wildman–Crippen MR) is 107 cm³/mol. The van der Waals surface area contributed by atoms with Crippen molar-refractivity contribution in [3.8, 4) is 0 Å². The van der Waals surface area contributed by atoms with Gasteiger partial charge in [-0.3, -0.25) is 9.59 Å². The van der Waals surface area contributed by atoms with E-state index in [9.17, 15) is 9.59 Å². The van der Waals surface area contributed by atoms with Gasteiger partial charge in [-0.25, -0.2) is 0 Å². The van der Waals surface area contributed by atoms with Gasteiger partial charge in [0.25, 0.3) is 0 Å². The molecule has 0 radical (unpaired) electrons. The van der Waals surface area contributed by atoms with Crippen molar-refractivity contribution in [3.05, 3.63) is 46.6 Å². The third-order valence-corrected chi connectivity index (χ3v) is 4.99. The first-order chi connectivity index (χ1) is 12.7. The molecule has 0 aliphatic heterocycles. The molecule has 2 aliphatic rings. The number of allylic oxidation sites excluding steroid dienone is 4. The first-order valence-electron chi connectivity index (χ1n) is 9.83. The second-order valence-corrected chi connectivity index (χ2v) is 6.94. The quantitative estimate of drug-likeness (QED) is 0.636. The zero-order valence-electron chi connectivity index (χ0n) is 15.8. The number of nitrogens with one attached hydrogen (secondary N) is 2. The van der Waals surface area contributed by atoms with Crippen LogP contribution in [0.4, 0.5) is 11.4 Å². The molecule has 1 aromatic rings. The minimum atomic E-state index is -0.0244. The van der Waals surface area contributed by atoms with Crippen LogP contribution in [-0.2, 0) is 0 Å². The lowest BCUT2D eigenvalue weighted by Crippen LogP contribution is -2.27. The van der Waals surface area contributed by atoms with Crippen LogP contribution in [0.5, 0.6) is 0 Å². The smallest absolute Gasteiger partial charge is 0.196 e. The summed E-state index contributed by atoms with van der Waals surface area (Å²) >= 11 is 0. The average molecular weight is 352 g/mol. The maximum Gasteiger partial charge on any atom is 0.196 e. The lowest BCUT2D eigenvalue weighted by molar-refractivity contribution is 0.0972. The number of carbonyl (C=O) groups is 2. The molecule has 26 heavy (non-hydrogen) atoms. The van der Waals surface area contributed by atoms with Crippen LogP contribution in [0.25, 0.3) is 0 Å². The minimum Gasteiger partial charge on any atom is -0.384 e. The molecule has 0 unspecified atom stereocenters. The molecule has 2 N–H and O–H groups in total. The van der Waals surface area contributed by atoms with Crippen LogP contribution >= 0.6 is 0 Å². The largest absolute Gasteiger partial charge is 0.384 e.